The number of fused-ring (bicyclic) bond motifs is 1. The molecule has 40 heavy (non-hydrogen) atoms. The molecule has 1 aliphatic rings. The lowest BCUT2D eigenvalue weighted by molar-refractivity contribution is 0.112. The van der Waals surface area contributed by atoms with E-state index in [0.717, 1.165) is 74.5 Å². The van der Waals surface area contributed by atoms with Gasteiger partial charge in [0.1, 0.15) is 23.9 Å². The van der Waals surface area contributed by atoms with Gasteiger partial charge >= 0.3 is 0 Å². The minimum atomic E-state index is -0.218. The molecular weight excluding hydrogens is 542 g/mol. The number of ether oxygens (including phenoxy) is 1. The number of hydrogen-bond donors (Lipinski definition) is 2. The van der Waals surface area contributed by atoms with Crippen molar-refractivity contribution >= 4 is 40.1 Å². The van der Waals surface area contributed by atoms with Crippen LogP contribution < -0.4 is 4.74 Å². The normalized spacial score (nSPS) is 14.2. The molecule has 0 aliphatic carbocycles. The van der Waals surface area contributed by atoms with E-state index >= 15 is 0 Å². The van der Waals surface area contributed by atoms with Crippen molar-refractivity contribution in [2.75, 3.05) is 26.2 Å². The van der Waals surface area contributed by atoms with Gasteiger partial charge in [-0.2, -0.15) is 0 Å². The van der Waals surface area contributed by atoms with Gasteiger partial charge in [-0.05, 0) is 97.9 Å². The molecule has 1 fully saturated rings. The van der Waals surface area contributed by atoms with Crippen LogP contribution in [-0.2, 0) is 5.41 Å². The summed E-state index contributed by atoms with van der Waals surface area (Å²) in [6, 6.07) is 14.5. The van der Waals surface area contributed by atoms with Crippen LogP contribution >= 0.6 is 23.7 Å². The average molecular weight is 580 g/mol. The molecule has 5 rings (SSSR count). The van der Waals surface area contributed by atoms with E-state index in [9.17, 15) is 15.0 Å². The lowest BCUT2D eigenvalue weighted by Gasteiger charge is -2.29. The van der Waals surface area contributed by atoms with Gasteiger partial charge in [-0.25, -0.2) is 0 Å². The topological polar surface area (TPSA) is 70.0 Å². The van der Waals surface area contributed by atoms with Gasteiger partial charge < -0.3 is 14.9 Å². The molecule has 1 saturated heterocycles. The van der Waals surface area contributed by atoms with Gasteiger partial charge in [-0.1, -0.05) is 27.2 Å². The molecule has 5 nitrogen and oxygen atoms in total. The van der Waals surface area contributed by atoms with E-state index in [1.807, 2.05) is 24.3 Å². The van der Waals surface area contributed by atoms with Crippen LogP contribution in [-0.4, -0.2) is 47.6 Å². The quantitative estimate of drug-likeness (QED) is 0.215. The lowest BCUT2D eigenvalue weighted by Crippen LogP contribution is -2.33. The fourth-order valence-electron chi connectivity index (χ4n) is 5.60. The number of hydrogen-bond acceptors (Lipinski definition) is 6. The lowest BCUT2D eigenvalue weighted by atomic mass is 9.81. The van der Waals surface area contributed by atoms with Crippen LogP contribution in [0.2, 0.25) is 0 Å². The Morgan fingerprint density at radius 1 is 0.950 bits per heavy atom. The summed E-state index contributed by atoms with van der Waals surface area (Å²) in [7, 11) is 0. The Hall–Kier alpha value is -3.06. The van der Waals surface area contributed by atoms with Crippen LogP contribution in [0.1, 0.15) is 61.5 Å². The number of likely N-dealkylation sites (tertiary alicyclic amines) is 1. The highest BCUT2D eigenvalue weighted by atomic mass is 35.5. The molecular formula is C33H38ClNO4S. The summed E-state index contributed by atoms with van der Waals surface area (Å²) in [4.78, 5) is 16.1. The maximum Gasteiger partial charge on any atom is 0.150 e. The highest BCUT2D eigenvalue weighted by Gasteiger charge is 2.28. The second-order valence-electron chi connectivity index (χ2n) is 11.5. The Bertz CT molecular complexity index is 1500. The minimum Gasteiger partial charge on any atom is -0.508 e. The van der Waals surface area contributed by atoms with E-state index in [0.29, 0.717) is 12.2 Å². The first-order valence-corrected chi connectivity index (χ1v) is 14.5. The van der Waals surface area contributed by atoms with Crippen LogP contribution in [0.25, 0.3) is 31.7 Å². The van der Waals surface area contributed by atoms with E-state index in [-0.39, 0.29) is 29.3 Å². The molecule has 7 heteroatoms. The van der Waals surface area contributed by atoms with E-state index < -0.39 is 0 Å². The molecule has 1 aliphatic heterocycles. The molecule has 0 radical (unpaired) electrons. The number of thiophene rings is 1. The Morgan fingerprint density at radius 3 is 2.27 bits per heavy atom. The molecule has 2 heterocycles. The van der Waals surface area contributed by atoms with E-state index in [4.69, 9.17) is 4.74 Å². The zero-order chi connectivity index (χ0) is 27.7. The smallest absolute Gasteiger partial charge is 0.150 e. The molecule has 0 unspecified atom stereocenters. The van der Waals surface area contributed by atoms with Gasteiger partial charge in [0.05, 0.1) is 0 Å². The third kappa shape index (κ3) is 5.99. The van der Waals surface area contributed by atoms with Crippen molar-refractivity contribution in [1.82, 2.24) is 4.90 Å². The van der Waals surface area contributed by atoms with Gasteiger partial charge in [0.25, 0.3) is 0 Å². The fourth-order valence-corrected chi connectivity index (χ4v) is 6.85. The number of carbonyl (C=O) groups is 1. The largest absolute Gasteiger partial charge is 0.508 e. The number of piperidine rings is 1. The van der Waals surface area contributed by atoms with E-state index in [2.05, 4.69) is 32.6 Å². The molecule has 0 bridgehead atoms. The van der Waals surface area contributed by atoms with Gasteiger partial charge in [0, 0.05) is 43.8 Å². The van der Waals surface area contributed by atoms with Crippen LogP contribution in [0.15, 0.2) is 48.5 Å². The Balaban J connectivity index is 0.00000370. The summed E-state index contributed by atoms with van der Waals surface area (Å²) in [5.41, 5.74) is 5.10. The molecule has 2 N–H and O–H groups in total. The van der Waals surface area contributed by atoms with Crippen molar-refractivity contribution in [1.29, 1.82) is 0 Å². The first-order valence-electron chi connectivity index (χ1n) is 13.7. The number of aldehydes is 1. The maximum atomic E-state index is 12.7. The molecule has 1 aromatic heterocycles. The number of benzene rings is 3. The molecule has 3 aromatic carbocycles. The van der Waals surface area contributed by atoms with Gasteiger partial charge in [0.15, 0.2) is 6.29 Å². The minimum absolute atomic E-state index is 0. The highest BCUT2D eigenvalue weighted by molar-refractivity contribution is 7.23. The summed E-state index contributed by atoms with van der Waals surface area (Å²) >= 11 is 1.57. The molecule has 212 valence electrons. The number of halogens is 1. The monoisotopic (exact) mass is 579 g/mol. The predicted molar refractivity (Wildman–Crippen MR) is 168 cm³/mol. The molecule has 0 saturated carbocycles. The maximum absolute atomic E-state index is 12.7. The zero-order valence-corrected chi connectivity index (χ0v) is 25.3. The average Bonchev–Trinajstić information content (AvgIpc) is 3.27. The summed E-state index contributed by atoms with van der Waals surface area (Å²) in [5, 5.41) is 21.1. The van der Waals surface area contributed by atoms with Crippen molar-refractivity contribution in [2.24, 2.45) is 0 Å². The predicted octanol–water partition coefficient (Wildman–Crippen LogP) is 8.35. The summed E-state index contributed by atoms with van der Waals surface area (Å²) in [6.45, 7) is 12.2. The van der Waals surface area contributed by atoms with Crippen molar-refractivity contribution in [3.63, 3.8) is 0 Å². The Morgan fingerprint density at radius 2 is 1.62 bits per heavy atom. The number of nitrogens with zero attached hydrogens (tertiary/aromatic N) is 1. The standard InChI is InChI=1S/C33H37NO4S.ClH/c1-21-29(30-26-13-12-25(37)19-28(26)39-32(30)22-8-10-24(36)11-9-22)23(20-35)18-27(33(2,3)4)31(21)38-17-16-34-14-6-5-7-15-34;/h8-13,18-20,36-37H,5-7,14-17H2,1-4H3;1H. The fraction of sp³-hybridized carbons (Fsp3) is 0.364. The van der Waals surface area contributed by atoms with E-state index in [1.54, 1.807) is 35.6 Å². The highest BCUT2D eigenvalue weighted by Crippen LogP contribution is 2.50. The molecule has 0 atom stereocenters. The second-order valence-corrected chi connectivity index (χ2v) is 12.5. The molecule has 4 aromatic rings. The van der Waals surface area contributed by atoms with Crippen LogP contribution in [0.4, 0.5) is 0 Å². The summed E-state index contributed by atoms with van der Waals surface area (Å²) < 4.78 is 7.53. The third-order valence-electron chi connectivity index (χ3n) is 7.64. The van der Waals surface area contributed by atoms with Crippen molar-refractivity contribution in [3.05, 3.63) is 65.2 Å². The second kappa shape index (κ2) is 12.2. The van der Waals surface area contributed by atoms with Crippen molar-refractivity contribution in [3.8, 4) is 38.8 Å². The number of phenolic OH excluding ortho intramolecular Hbond substituents is 2. The van der Waals surface area contributed by atoms with Gasteiger partial charge in [0.2, 0.25) is 0 Å². The van der Waals surface area contributed by atoms with Crippen molar-refractivity contribution in [2.45, 2.75) is 52.4 Å². The van der Waals surface area contributed by atoms with Gasteiger partial charge in [-0.3, -0.25) is 9.69 Å². The number of aromatic hydroxyl groups is 2. The number of carbonyl (C=O) groups excluding carboxylic acids is 1. The van der Waals surface area contributed by atoms with E-state index in [1.165, 1.54) is 19.3 Å². The first-order chi connectivity index (χ1) is 18.7. The summed E-state index contributed by atoms with van der Waals surface area (Å²) in [6.07, 6.45) is 4.73. The Labute approximate surface area is 246 Å². The first kappa shape index (κ1) is 29.9. The van der Waals surface area contributed by atoms with Gasteiger partial charge in [-0.15, -0.1) is 23.7 Å². The summed E-state index contributed by atoms with van der Waals surface area (Å²) in [5.74, 6) is 1.24. The third-order valence-corrected chi connectivity index (χ3v) is 8.84. The van der Waals surface area contributed by atoms with Crippen molar-refractivity contribution < 1.29 is 19.7 Å². The zero-order valence-electron chi connectivity index (χ0n) is 23.6. The molecule has 0 spiro atoms. The SMILES string of the molecule is Cc1c(OCCN2CCCCC2)c(C(C)(C)C)cc(C=O)c1-c1c(-c2ccc(O)cc2)sc2cc(O)ccc12.Cl. The van der Waals surface area contributed by atoms with Crippen LogP contribution in [0.3, 0.4) is 0 Å². The number of rotatable bonds is 7. The Kier molecular flexibility index (Phi) is 9.13. The molecule has 0 amide bonds. The number of phenols is 2. The van der Waals surface area contributed by atoms with Crippen LogP contribution in [0.5, 0.6) is 17.2 Å². The van der Waals surface area contributed by atoms with Crippen LogP contribution in [0, 0.1) is 6.92 Å².